The first-order valence-corrected chi connectivity index (χ1v) is 9.21. The van der Waals surface area contributed by atoms with Crippen LogP contribution in [-0.4, -0.2) is 55.9 Å². The molecule has 1 unspecified atom stereocenters. The third-order valence-electron chi connectivity index (χ3n) is 3.74. The van der Waals surface area contributed by atoms with E-state index in [1.54, 1.807) is 0 Å². The summed E-state index contributed by atoms with van der Waals surface area (Å²) in [6.45, 7) is 10.1. The second-order valence-corrected chi connectivity index (χ2v) is 6.42. The van der Waals surface area contributed by atoms with Crippen LogP contribution in [0.1, 0.15) is 66.2 Å². The molecule has 0 aromatic heterocycles. The van der Waals surface area contributed by atoms with E-state index < -0.39 is 6.09 Å². The lowest BCUT2D eigenvalue weighted by atomic mass is 10.1. The molecule has 6 nitrogen and oxygen atoms in total. The molecule has 0 spiro atoms. The Morgan fingerprint density at radius 2 is 1.79 bits per heavy atom. The van der Waals surface area contributed by atoms with Gasteiger partial charge < -0.3 is 19.7 Å². The van der Waals surface area contributed by atoms with Gasteiger partial charge in [-0.3, -0.25) is 4.79 Å². The van der Waals surface area contributed by atoms with E-state index in [2.05, 4.69) is 24.1 Å². The van der Waals surface area contributed by atoms with E-state index in [0.29, 0.717) is 13.0 Å². The van der Waals surface area contributed by atoms with E-state index in [9.17, 15) is 9.59 Å². The summed E-state index contributed by atoms with van der Waals surface area (Å²) < 4.78 is 10.6. The molecule has 6 heteroatoms. The maximum Gasteiger partial charge on any atom is 0.407 e. The Bertz CT molecular complexity index is 348. The molecule has 0 saturated carbocycles. The molecule has 0 aliphatic heterocycles. The highest BCUT2D eigenvalue weighted by Crippen LogP contribution is 2.13. The number of carbonyl (C=O) groups excluding carboxylic acids is 2. The Balaban J connectivity index is 4.22. The summed E-state index contributed by atoms with van der Waals surface area (Å²) in [5.74, 6) is -0.237. The largest absolute Gasteiger partial charge is 0.463 e. The van der Waals surface area contributed by atoms with Crippen molar-refractivity contribution in [2.24, 2.45) is 0 Å². The summed E-state index contributed by atoms with van der Waals surface area (Å²) >= 11 is 0. The fraction of sp³-hybridized carbons (Fsp3) is 0.889. The number of hydrogen-bond acceptors (Lipinski definition) is 5. The quantitative estimate of drug-likeness (QED) is 0.410. The minimum Gasteiger partial charge on any atom is -0.463 e. The van der Waals surface area contributed by atoms with Gasteiger partial charge in [-0.2, -0.15) is 0 Å². The molecule has 0 aromatic rings. The van der Waals surface area contributed by atoms with Crippen molar-refractivity contribution in [3.63, 3.8) is 0 Å². The molecule has 1 N–H and O–H groups in total. The molecule has 0 aliphatic carbocycles. The lowest BCUT2D eigenvalue weighted by Gasteiger charge is -2.19. The van der Waals surface area contributed by atoms with Gasteiger partial charge in [0.05, 0.1) is 6.10 Å². The number of alkyl carbamates (subject to hydrolysis) is 1. The highest BCUT2D eigenvalue weighted by Gasteiger charge is 2.17. The number of rotatable bonds is 13. The first kappa shape index (κ1) is 22.7. The van der Waals surface area contributed by atoms with Gasteiger partial charge >= 0.3 is 12.1 Å². The number of amides is 1. The summed E-state index contributed by atoms with van der Waals surface area (Å²) in [5.41, 5.74) is 0. The maximum atomic E-state index is 11.9. The first-order valence-electron chi connectivity index (χ1n) is 9.21. The van der Waals surface area contributed by atoms with E-state index in [-0.39, 0.29) is 24.6 Å². The minimum atomic E-state index is -0.404. The van der Waals surface area contributed by atoms with Gasteiger partial charge in [0, 0.05) is 19.5 Å². The number of nitrogens with zero attached hydrogens (tertiary/aromatic N) is 1. The molecular weight excluding hydrogens is 308 g/mol. The zero-order valence-electron chi connectivity index (χ0n) is 16.1. The summed E-state index contributed by atoms with van der Waals surface area (Å²) in [6, 6.07) is 0. The van der Waals surface area contributed by atoms with Gasteiger partial charge in [-0.05, 0) is 46.7 Å². The van der Waals surface area contributed by atoms with E-state index >= 15 is 0 Å². The van der Waals surface area contributed by atoms with Crippen LogP contribution in [0.4, 0.5) is 4.79 Å². The fourth-order valence-corrected chi connectivity index (χ4v) is 2.18. The van der Waals surface area contributed by atoms with Crippen LogP contribution in [0.5, 0.6) is 0 Å². The van der Waals surface area contributed by atoms with E-state index in [4.69, 9.17) is 9.47 Å². The summed E-state index contributed by atoms with van der Waals surface area (Å²) in [4.78, 5) is 25.7. The average Bonchev–Trinajstić information content (AvgIpc) is 2.51. The van der Waals surface area contributed by atoms with Crippen molar-refractivity contribution < 1.29 is 19.1 Å². The van der Waals surface area contributed by atoms with Gasteiger partial charge in [-0.25, -0.2) is 4.79 Å². The van der Waals surface area contributed by atoms with Gasteiger partial charge in [0.15, 0.2) is 0 Å². The predicted octanol–water partition coefficient (Wildman–Crippen LogP) is 3.35. The Morgan fingerprint density at radius 3 is 2.38 bits per heavy atom. The van der Waals surface area contributed by atoms with Crippen molar-refractivity contribution in [1.29, 1.82) is 0 Å². The molecule has 0 saturated heterocycles. The number of carbonyl (C=O) groups is 2. The number of unbranched alkanes of at least 4 members (excludes halogenated alkanes) is 2. The van der Waals surface area contributed by atoms with Gasteiger partial charge in [0.1, 0.15) is 6.10 Å². The molecule has 0 rings (SSSR count). The van der Waals surface area contributed by atoms with Gasteiger partial charge in [0.25, 0.3) is 0 Å². The highest BCUT2D eigenvalue weighted by atomic mass is 16.6. The van der Waals surface area contributed by atoms with E-state index in [0.717, 1.165) is 38.8 Å². The van der Waals surface area contributed by atoms with Crippen LogP contribution in [0, 0.1) is 0 Å². The molecular formula is C18H36N2O4. The van der Waals surface area contributed by atoms with Crippen molar-refractivity contribution in [2.45, 2.75) is 78.4 Å². The summed E-state index contributed by atoms with van der Waals surface area (Å²) in [7, 11) is 2.00. The summed E-state index contributed by atoms with van der Waals surface area (Å²) in [6.07, 6.45) is 4.02. The monoisotopic (exact) mass is 344 g/mol. The molecule has 0 radical (unpaired) electrons. The molecule has 0 fully saturated rings. The van der Waals surface area contributed by atoms with Gasteiger partial charge in [-0.1, -0.05) is 26.7 Å². The van der Waals surface area contributed by atoms with Crippen LogP contribution in [0.15, 0.2) is 0 Å². The Morgan fingerprint density at radius 1 is 1.08 bits per heavy atom. The number of likely N-dealkylation sites (N-methyl/N-ethyl adjacent to an activating group) is 1. The SMILES string of the molecule is CCCCCC(CCC(=O)OC(C)C)OC(=O)NCCN(C)CC. The Kier molecular flexibility index (Phi) is 13.3. The lowest BCUT2D eigenvalue weighted by Crippen LogP contribution is -2.35. The predicted molar refractivity (Wildman–Crippen MR) is 96.0 cm³/mol. The van der Waals surface area contributed by atoms with Crippen molar-refractivity contribution in [2.75, 3.05) is 26.7 Å². The van der Waals surface area contributed by atoms with Crippen molar-refractivity contribution >= 4 is 12.1 Å². The third kappa shape index (κ3) is 13.2. The Labute approximate surface area is 147 Å². The lowest BCUT2D eigenvalue weighted by molar-refractivity contribution is -0.148. The van der Waals surface area contributed by atoms with Crippen molar-refractivity contribution in [3.05, 3.63) is 0 Å². The zero-order chi connectivity index (χ0) is 18.4. The van der Waals surface area contributed by atoms with Crippen LogP contribution in [0.2, 0.25) is 0 Å². The molecule has 0 heterocycles. The number of nitrogens with one attached hydrogen (secondary N) is 1. The molecule has 0 bridgehead atoms. The van der Waals surface area contributed by atoms with Gasteiger partial charge in [0.2, 0.25) is 0 Å². The normalized spacial score (nSPS) is 12.3. The Hall–Kier alpha value is -1.30. The second kappa shape index (κ2) is 14.1. The van der Waals surface area contributed by atoms with Crippen molar-refractivity contribution in [3.8, 4) is 0 Å². The standard InChI is InChI=1S/C18H36N2O4/c1-6-8-9-10-16(11-12-17(21)23-15(3)4)24-18(22)19-13-14-20(5)7-2/h15-16H,6-14H2,1-5H3,(H,19,22). The second-order valence-electron chi connectivity index (χ2n) is 6.42. The smallest absolute Gasteiger partial charge is 0.407 e. The molecule has 0 aliphatic rings. The third-order valence-corrected chi connectivity index (χ3v) is 3.74. The van der Waals surface area contributed by atoms with E-state index in [1.807, 2.05) is 20.9 Å². The van der Waals surface area contributed by atoms with Gasteiger partial charge in [-0.15, -0.1) is 0 Å². The average molecular weight is 344 g/mol. The van der Waals surface area contributed by atoms with Crippen LogP contribution in [-0.2, 0) is 14.3 Å². The molecule has 142 valence electrons. The first-order chi connectivity index (χ1) is 11.4. The zero-order valence-corrected chi connectivity index (χ0v) is 16.1. The van der Waals surface area contributed by atoms with Crippen LogP contribution in [0.3, 0.4) is 0 Å². The van der Waals surface area contributed by atoms with Crippen LogP contribution < -0.4 is 5.32 Å². The minimum absolute atomic E-state index is 0.115. The maximum absolute atomic E-state index is 11.9. The molecule has 1 atom stereocenters. The number of hydrogen-bond donors (Lipinski definition) is 1. The summed E-state index contributed by atoms with van der Waals surface area (Å²) in [5, 5.41) is 2.77. The van der Waals surface area contributed by atoms with Crippen LogP contribution in [0.25, 0.3) is 0 Å². The fourth-order valence-electron chi connectivity index (χ4n) is 2.18. The molecule has 1 amide bonds. The van der Waals surface area contributed by atoms with Crippen molar-refractivity contribution in [1.82, 2.24) is 10.2 Å². The number of esters is 1. The topological polar surface area (TPSA) is 67.9 Å². The van der Waals surface area contributed by atoms with Crippen LogP contribution >= 0.6 is 0 Å². The van der Waals surface area contributed by atoms with E-state index in [1.165, 1.54) is 0 Å². The highest BCUT2D eigenvalue weighted by molar-refractivity contribution is 5.70. The number of ether oxygens (including phenoxy) is 2. The molecule has 0 aromatic carbocycles. The molecule has 24 heavy (non-hydrogen) atoms.